The van der Waals surface area contributed by atoms with E-state index in [2.05, 4.69) is 32.6 Å². The maximum Gasteiger partial charge on any atom is 0.146 e. The summed E-state index contributed by atoms with van der Waals surface area (Å²) in [6, 6.07) is 5.55. The fourth-order valence-electron chi connectivity index (χ4n) is 1.89. The lowest BCUT2D eigenvalue weighted by Gasteiger charge is -2.31. The molecule has 1 aromatic rings. The minimum absolute atomic E-state index is 0.178. The van der Waals surface area contributed by atoms with Gasteiger partial charge in [-0.25, -0.2) is 4.39 Å². The maximum atomic E-state index is 14.0. The lowest BCUT2D eigenvalue weighted by Crippen LogP contribution is -2.34. The molecule has 2 N–H and O–H groups in total. The van der Waals surface area contributed by atoms with Gasteiger partial charge >= 0.3 is 0 Å². The minimum Gasteiger partial charge on any atom is -0.366 e. The van der Waals surface area contributed by atoms with E-state index in [4.69, 9.17) is 5.73 Å². The number of nitrogens with zero attached hydrogens (tertiary/aromatic N) is 1. The average molecular weight is 238 g/mol. The van der Waals surface area contributed by atoms with Crippen LogP contribution in [0.1, 0.15) is 33.3 Å². The van der Waals surface area contributed by atoms with Crippen LogP contribution >= 0.6 is 0 Å². The van der Waals surface area contributed by atoms with Gasteiger partial charge in [0.1, 0.15) is 5.82 Å². The second-order valence-electron chi connectivity index (χ2n) is 5.13. The Balaban J connectivity index is 3.01. The highest BCUT2D eigenvalue weighted by Crippen LogP contribution is 2.23. The zero-order valence-electron chi connectivity index (χ0n) is 11.2. The van der Waals surface area contributed by atoms with Gasteiger partial charge in [-0.3, -0.25) is 0 Å². The molecule has 0 aliphatic heterocycles. The molecule has 0 heterocycles. The van der Waals surface area contributed by atoms with Gasteiger partial charge in [0.05, 0.1) is 5.69 Å². The van der Waals surface area contributed by atoms with Gasteiger partial charge in [-0.05, 0) is 37.5 Å². The number of nitrogens with two attached hydrogens (primary N) is 1. The summed E-state index contributed by atoms with van der Waals surface area (Å²) < 4.78 is 14.0. The summed E-state index contributed by atoms with van der Waals surface area (Å²) in [5.41, 5.74) is 7.01. The van der Waals surface area contributed by atoms with Crippen molar-refractivity contribution in [2.75, 3.05) is 11.4 Å². The van der Waals surface area contributed by atoms with E-state index in [-0.39, 0.29) is 11.9 Å². The number of rotatable bonds is 5. The topological polar surface area (TPSA) is 29.3 Å². The van der Waals surface area contributed by atoms with Crippen molar-refractivity contribution in [3.63, 3.8) is 0 Å². The van der Waals surface area contributed by atoms with Crippen LogP contribution in [0.3, 0.4) is 0 Å². The third-order valence-electron chi connectivity index (χ3n) is 2.74. The zero-order chi connectivity index (χ0) is 13.0. The molecule has 0 aliphatic rings. The first-order valence-corrected chi connectivity index (χ1v) is 6.20. The first kappa shape index (κ1) is 14.0. The molecular formula is C14H23FN2. The standard InChI is InChI=1S/C14H23FN2/c1-10(2)9-17(11(3)4)14-6-5-12(8-16)7-13(14)15/h5-7,10-11H,8-9,16H2,1-4H3. The molecule has 96 valence electrons. The molecule has 3 heteroatoms. The molecule has 0 aromatic heterocycles. The van der Waals surface area contributed by atoms with Crippen molar-refractivity contribution in [2.24, 2.45) is 11.7 Å². The van der Waals surface area contributed by atoms with Crippen LogP contribution in [0.25, 0.3) is 0 Å². The van der Waals surface area contributed by atoms with Crippen LogP contribution < -0.4 is 10.6 Å². The highest BCUT2D eigenvalue weighted by molar-refractivity contribution is 5.50. The van der Waals surface area contributed by atoms with Crippen molar-refractivity contribution in [1.82, 2.24) is 0 Å². The van der Waals surface area contributed by atoms with Crippen LogP contribution in [-0.4, -0.2) is 12.6 Å². The molecule has 0 aliphatic carbocycles. The van der Waals surface area contributed by atoms with Crippen molar-refractivity contribution in [3.8, 4) is 0 Å². The first-order valence-electron chi connectivity index (χ1n) is 6.20. The summed E-state index contributed by atoms with van der Waals surface area (Å²) in [6.07, 6.45) is 0. The van der Waals surface area contributed by atoms with Crippen molar-refractivity contribution < 1.29 is 4.39 Å². The predicted octanol–water partition coefficient (Wildman–Crippen LogP) is 3.16. The molecule has 0 radical (unpaired) electrons. The van der Waals surface area contributed by atoms with E-state index in [9.17, 15) is 4.39 Å². The van der Waals surface area contributed by atoms with E-state index in [1.807, 2.05) is 12.1 Å². The monoisotopic (exact) mass is 238 g/mol. The van der Waals surface area contributed by atoms with Crippen LogP contribution in [0.4, 0.5) is 10.1 Å². The third-order valence-corrected chi connectivity index (χ3v) is 2.74. The lowest BCUT2D eigenvalue weighted by molar-refractivity contribution is 0.549. The Morgan fingerprint density at radius 1 is 1.24 bits per heavy atom. The number of hydrogen-bond acceptors (Lipinski definition) is 2. The van der Waals surface area contributed by atoms with Gasteiger partial charge in [0.25, 0.3) is 0 Å². The molecular weight excluding hydrogens is 215 g/mol. The van der Waals surface area contributed by atoms with Gasteiger partial charge in [0, 0.05) is 19.1 Å². The van der Waals surface area contributed by atoms with Crippen LogP contribution in [0, 0.1) is 11.7 Å². The van der Waals surface area contributed by atoms with Gasteiger partial charge in [-0.15, -0.1) is 0 Å². The van der Waals surface area contributed by atoms with E-state index >= 15 is 0 Å². The highest BCUT2D eigenvalue weighted by atomic mass is 19.1. The molecule has 0 fully saturated rings. The fourth-order valence-corrected chi connectivity index (χ4v) is 1.89. The molecule has 0 saturated carbocycles. The van der Waals surface area contributed by atoms with Crippen LogP contribution in [0.5, 0.6) is 0 Å². The Hall–Kier alpha value is -1.09. The first-order chi connectivity index (χ1) is 7.95. The second-order valence-corrected chi connectivity index (χ2v) is 5.13. The van der Waals surface area contributed by atoms with Crippen LogP contribution in [0.15, 0.2) is 18.2 Å². The number of hydrogen-bond donors (Lipinski definition) is 1. The van der Waals surface area contributed by atoms with Gasteiger partial charge in [0.15, 0.2) is 0 Å². The summed E-state index contributed by atoms with van der Waals surface area (Å²) in [6.45, 7) is 9.68. The Kier molecular flexibility index (Phi) is 4.94. The van der Waals surface area contributed by atoms with Gasteiger partial charge in [-0.1, -0.05) is 19.9 Å². The maximum absolute atomic E-state index is 14.0. The molecule has 0 spiro atoms. The molecule has 0 amide bonds. The van der Waals surface area contributed by atoms with E-state index < -0.39 is 0 Å². The number of benzene rings is 1. The zero-order valence-corrected chi connectivity index (χ0v) is 11.2. The Morgan fingerprint density at radius 3 is 2.29 bits per heavy atom. The summed E-state index contributed by atoms with van der Waals surface area (Å²) in [5.74, 6) is 0.327. The Morgan fingerprint density at radius 2 is 1.88 bits per heavy atom. The molecule has 0 unspecified atom stereocenters. The Labute approximate surface area is 104 Å². The Bertz CT molecular complexity index is 361. The number of anilines is 1. The van der Waals surface area contributed by atoms with E-state index in [0.29, 0.717) is 18.2 Å². The van der Waals surface area contributed by atoms with Crippen molar-refractivity contribution in [1.29, 1.82) is 0 Å². The molecule has 2 nitrogen and oxygen atoms in total. The normalized spacial score (nSPS) is 11.3. The fraction of sp³-hybridized carbons (Fsp3) is 0.571. The molecule has 0 atom stereocenters. The van der Waals surface area contributed by atoms with Gasteiger partial charge < -0.3 is 10.6 Å². The van der Waals surface area contributed by atoms with E-state index in [1.165, 1.54) is 6.07 Å². The summed E-state index contributed by atoms with van der Waals surface area (Å²) in [5, 5.41) is 0. The molecule has 0 bridgehead atoms. The highest BCUT2D eigenvalue weighted by Gasteiger charge is 2.16. The van der Waals surface area contributed by atoms with Gasteiger partial charge in [-0.2, -0.15) is 0 Å². The van der Waals surface area contributed by atoms with Crippen LogP contribution in [-0.2, 0) is 6.54 Å². The molecule has 17 heavy (non-hydrogen) atoms. The summed E-state index contributed by atoms with van der Waals surface area (Å²) in [7, 11) is 0. The molecule has 1 aromatic carbocycles. The summed E-state index contributed by atoms with van der Waals surface area (Å²) >= 11 is 0. The van der Waals surface area contributed by atoms with Gasteiger partial charge in [0.2, 0.25) is 0 Å². The summed E-state index contributed by atoms with van der Waals surface area (Å²) in [4.78, 5) is 2.10. The minimum atomic E-state index is -0.178. The number of halogens is 1. The van der Waals surface area contributed by atoms with Crippen LogP contribution in [0.2, 0.25) is 0 Å². The van der Waals surface area contributed by atoms with Crippen molar-refractivity contribution in [2.45, 2.75) is 40.3 Å². The molecule has 0 saturated heterocycles. The quantitative estimate of drug-likeness (QED) is 0.853. The SMILES string of the molecule is CC(C)CN(c1ccc(CN)cc1F)C(C)C. The average Bonchev–Trinajstić information content (AvgIpc) is 2.25. The molecule has 1 rings (SSSR count). The third kappa shape index (κ3) is 3.70. The van der Waals surface area contributed by atoms with Crippen molar-refractivity contribution in [3.05, 3.63) is 29.6 Å². The smallest absolute Gasteiger partial charge is 0.146 e. The predicted molar refractivity (Wildman–Crippen MR) is 71.6 cm³/mol. The second kappa shape index (κ2) is 6.01. The largest absolute Gasteiger partial charge is 0.366 e. The van der Waals surface area contributed by atoms with E-state index in [1.54, 1.807) is 0 Å². The van der Waals surface area contributed by atoms with E-state index in [0.717, 1.165) is 12.1 Å². The van der Waals surface area contributed by atoms with Crippen molar-refractivity contribution >= 4 is 5.69 Å². The lowest BCUT2D eigenvalue weighted by atomic mass is 10.1.